The lowest BCUT2D eigenvalue weighted by molar-refractivity contribution is 0.415. The first kappa shape index (κ1) is 13.9. The standard InChI is InChI=1S/C14H10Br2N2OS/c1-19-11-5-9(16)4-10(7-11)17-14-18-12-6-8(15)2-3-13(12)20-14/h2-7H,1H3,(H,17,18). The van der Waals surface area contributed by atoms with Crippen molar-refractivity contribution in [2.24, 2.45) is 0 Å². The van der Waals surface area contributed by atoms with Gasteiger partial charge >= 0.3 is 0 Å². The molecule has 0 aliphatic rings. The highest BCUT2D eigenvalue weighted by atomic mass is 79.9. The highest BCUT2D eigenvalue weighted by molar-refractivity contribution is 9.10. The maximum absolute atomic E-state index is 5.25. The number of rotatable bonds is 3. The maximum atomic E-state index is 5.25. The van der Waals surface area contributed by atoms with Crippen molar-refractivity contribution < 1.29 is 4.74 Å². The van der Waals surface area contributed by atoms with Gasteiger partial charge in [0, 0.05) is 20.7 Å². The fraction of sp³-hybridized carbons (Fsp3) is 0.0714. The molecule has 20 heavy (non-hydrogen) atoms. The Morgan fingerprint density at radius 3 is 2.75 bits per heavy atom. The van der Waals surface area contributed by atoms with E-state index in [0.717, 1.165) is 35.7 Å². The Bertz CT molecular complexity index is 773. The smallest absolute Gasteiger partial charge is 0.188 e. The fourth-order valence-electron chi connectivity index (χ4n) is 1.83. The summed E-state index contributed by atoms with van der Waals surface area (Å²) in [6.45, 7) is 0. The fourth-order valence-corrected chi connectivity index (χ4v) is 3.52. The van der Waals surface area contributed by atoms with E-state index < -0.39 is 0 Å². The first-order valence-corrected chi connectivity index (χ1v) is 8.22. The van der Waals surface area contributed by atoms with Gasteiger partial charge in [-0.15, -0.1) is 0 Å². The minimum absolute atomic E-state index is 0.797. The third-order valence-corrected chi connectivity index (χ3v) is 4.61. The van der Waals surface area contributed by atoms with Gasteiger partial charge in [-0.2, -0.15) is 0 Å². The van der Waals surface area contributed by atoms with Crippen molar-refractivity contribution >= 4 is 64.2 Å². The van der Waals surface area contributed by atoms with Crippen LogP contribution in [-0.2, 0) is 0 Å². The Morgan fingerprint density at radius 1 is 1.10 bits per heavy atom. The van der Waals surface area contributed by atoms with Gasteiger partial charge in [0.15, 0.2) is 5.13 Å². The maximum Gasteiger partial charge on any atom is 0.188 e. The largest absolute Gasteiger partial charge is 0.497 e. The van der Waals surface area contributed by atoms with Crippen molar-refractivity contribution in [3.05, 3.63) is 45.3 Å². The van der Waals surface area contributed by atoms with Gasteiger partial charge in [-0.25, -0.2) is 4.98 Å². The van der Waals surface area contributed by atoms with Crippen molar-refractivity contribution in [3.63, 3.8) is 0 Å². The molecule has 3 aromatic rings. The molecule has 0 bridgehead atoms. The second-order valence-corrected chi connectivity index (χ2v) is 7.00. The van der Waals surface area contributed by atoms with Crippen LogP contribution < -0.4 is 10.1 Å². The molecule has 0 saturated carbocycles. The summed E-state index contributed by atoms with van der Waals surface area (Å²) in [5, 5.41) is 4.17. The second-order valence-electron chi connectivity index (χ2n) is 4.14. The number of benzene rings is 2. The van der Waals surface area contributed by atoms with Gasteiger partial charge in [0.05, 0.1) is 17.3 Å². The molecule has 0 radical (unpaired) electrons. The van der Waals surface area contributed by atoms with E-state index in [-0.39, 0.29) is 0 Å². The van der Waals surface area contributed by atoms with Crippen LogP contribution in [0.2, 0.25) is 0 Å². The van der Waals surface area contributed by atoms with E-state index in [9.17, 15) is 0 Å². The first-order valence-electron chi connectivity index (χ1n) is 5.82. The molecule has 0 unspecified atom stereocenters. The van der Waals surface area contributed by atoms with Crippen LogP contribution in [-0.4, -0.2) is 12.1 Å². The van der Waals surface area contributed by atoms with Crippen LogP contribution in [0.5, 0.6) is 5.75 Å². The number of fused-ring (bicyclic) bond motifs is 1. The van der Waals surface area contributed by atoms with Crippen molar-refractivity contribution in [1.29, 1.82) is 0 Å². The third-order valence-electron chi connectivity index (χ3n) is 2.71. The number of ether oxygens (including phenoxy) is 1. The first-order chi connectivity index (χ1) is 9.64. The van der Waals surface area contributed by atoms with Crippen molar-refractivity contribution in [2.45, 2.75) is 0 Å². The molecule has 0 fully saturated rings. The SMILES string of the molecule is COc1cc(Br)cc(Nc2nc3cc(Br)ccc3s2)c1. The number of nitrogens with zero attached hydrogens (tertiary/aromatic N) is 1. The number of halogens is 2. The molecule has 1 heterocycles. The van der Waals surface area contributed by atoms with Crippen molar-refractivity contribution in [3.8, 4) is 5.75 Å². The van der Waals surface area contributed by atoms with E-state index in [2.05, 4.69) is 48.2 Å². The highest BCUT2D eigenvalue weighted by Gasteiger charge is 2.06. The molecule has 3 nitrogen and oxygen atoms in total. The number of nitrogens with one attached hydrogen (secondary N) is 1. The normalized spacial score (nSPS) is 10.8. The van der Waals surface area contributed by atoms with Crippen LogP contribution in [0, 0.1) is 0 Å². The molecule has 0 aliphatic carbocycles. The Balaban J connectivity index is 1.94. The summed E-state index contributed by atoms with van der Waals surface area (Å²) in [4.78, 5) is 4.58. The zero-order valence-electron chi connectivity index (χ0n) is 10.5. The molecule has 6 heteroatoms. The molecule has 1 aromatic heterocycles. The average molecular weight is 414 g/mol. The number of aromatic nitrogens is 1. The topological polar surface area (TPSA) is 34.1 Å². The Morgan fingerprint density at radius 2 is 1.95 bits per heavy atom. The summed E-state index contributed by atoms with van der Waals surface area (Å²) in [6.07, 6.45) is 0. The summed E-state index contributed by atoms with van der Waals surface area (Å²) < 4.78 is 8.40. The van der Waals surface area contributed by atoms with E-state index in [1.165, 1.54) is 0 Å². The molecule has 0 amide bonds. The lowest BCUT2D eigenvalue weighted by Gasteiger charge is -2.06. The van der Waals surface area contributed by atoms with Crippen LogP contribution in [0.25, 0.3) is 10.2 Å². The lowest BCUT2D eigenvalue weighted by Crippen LogP contribution is -1.91. The number of hydrogen-bond donors (Lipinski definition) is 1. The van der Waals surface area contributed by atoms with E-state index in [4.69, 9.17) is 4.74 Å². The minimum Gasteiger partial charge on any atom is -0.497 e. The predicted molar refractivity (Wildman–Crippen MR) is 91.3 cm³/mol. The number of hydrogen-bond acceptors (Lipinski definition) is 4. The second kappa shape index (κ2) is 5.71. The summed E-state index contributed by atoms with van der Waals surface area (Å²) in [5.74, 6) is 0.797. The molecule has 0 aliphatic heterocycles. The summed E-state index contributed by atoms with van der Waals surface area (Å²) in [7, 11) is 1.65. The Kier molecular flexibility index (Phi) is 3.96. The van der Waals surface area contributed by atoms with Crippen LogP contribution in [0.3, 0.4) is 0 Å². The van der Waals surface area contributed by atoms with Gasteiger partial charge in [0.25, 0.3) is 0 Å². The molecule has 2 aromatic carbocycles. The molecule has 1 N–H and O–H groups in total. The van der Waals surface area contributed by atoms with Gasteiger partial charge in [0.2, 0.25) is 0 Å². The zero-order valence-corrected chi connectivity index (χ0v) is 14.5. The van der Waals surface area contributed by atoms with E-state index in [0.29, 0.717) is 0 Å². The molecular weight excluding hydrogens is 404 g/mol. The molecule has 0 atom stereocenters. The summed E-state index contributed by atoms with van der Waals surface area (Å²) >= 11 is 8.55. The van der Waals surface area contributed by atoms with E-state index >= 15 is 0 Å². The average Bonchev–Trinajstić information content (AvgIpc) is 2.79. The van der Waals surface area contributed by atoms with Gasteiger partial charge in [-0.3, -0.25) is 0 Å². The van der Waals surface area contributed by atoms with Gasteiger partial charge in [-0.05, 0) is 30.3 Å². The summed E-state index contributed by atoms with van der Waals surface area (Å²) in [5.41, 5.74) is 1.92. The Hall–Kier alpha value is -1.11. The number of methoxy groups -OCH3 is 1. The Labute approximate surface area is 137 Å². The van der Waals surface area contributed by atoms with Crippen molar-refractivity contribution in [2.75, 3.05) is 12.4 Å². The minimum atomic E-state index is 0.797. The molecular formula is C14H10Br2N2OS. The van der Waals surface area contributed by atoms with E-state index in [1.54, 1.807) is 18.4 Å². The highest BCUT2D eigenvalue weighted by Crippen LogP contribution is 2.32. The monoisotopic (exact) mass is 412 g/mol. The van der Waals surface area contributed by atoms with Gasteiger partial charge < -0.3 is 10.1 Å². The third kappa shape index (κ3) is 2.97. The van der Waals surface area contributed by atoms with Crippen LogP contribution in [0.15, 0.2) is 45.3 Å². The van der Waals surface area contributed by atoms with Crippen molar-refractivity contribution in [1.82, 2.24) is 4.98 Å². The van der Waals surface area contributed by atoms with Gasteiger partial charge in [0.1, 0.15) is 5.75 Å². The molecule has 3 rings (SSSR count). The molecule has 0 spiro atoms. The number of anilines is 2. The van der Waals surface area contributed by atoms with E-state index in [1.807, 2.05) is 30.3 Å². The zero-order chi connectivity index (χ0) is 14.1. The quantitative estimate of drug-likeness (QED) is 0.609. The molecule has 102 valence electrons. The van der Waals surface area contributed by atoms with Crippen LogP contribution in [0.4, 0.5) is 10.8 Å². The van der Waals surface area contributed by atoms with Crippen LogP contribution in [0.1, 0.15) is 0 Å². The lowest BCUT2D eigenvalue weighted by atomic mass is 10.3. The predicted octanol–water partition coefficient (Wildman–Crippen LogP) is 5.57. The summed E-state index contributed by atoms with van der Waals surface area (Å²) in [6, 6.07) is 11.9. The number of thiazole rings is 1. The molecule has 0 saturated heterocycles. The van der Waals surface area contributed by atoms with Crippen LogP contribution >= 0.6 is 43.2 Å². The van der Waals surface area contributed by atoms with Gasteiger partial charge in [-0.1, -0.05) is 43.2 Å².